The molecule has 34 heavy (non-hydrogen) atoms. The van der Waals surface area contributed by atoms with Crippen LogP contribution in [0, 0.1) is 15.9 Å². The van der Waals surface area contributed by atoms with E-state index in [2.05, 4.69) is 10.3 Å². The molecule has 0 atom stereocenters. The lowest BCUT2D eigenvalue weighted by atomic mass is 10.2. The first kappa shape index (κ1) is 25.2. The van der Waals surface area contributed by atoms with Crippen molar-refractivity contribution in [3.63, 3.8) is 0 Å². The molecule has 176 valence electrons. The molecule has 0 heterocycles. The number of carbonyl (C=O) groups excluding carboxylic acids is 1. The summed E-state index contributed by atoms with van der Waals surface area (Å²) < 4.78 is 25.0. The average Bonchev–Trinajstić information content (AvgIpc) is 2.76. The van der Waals surface area contributed by atoms with Crippen LogP contribution in [0.2, 0.25) is 15.1 Å². The minimum absolute atomic E-state index is 0.0281. The summed E-state index contributed by atoms with van der Waals surface area (Å²) in [5, 5.41) is 13.3. The number of hydrogen-bond donors (Lipinski definition) is 1. The van der Waals surface area contributed by atoms with Crippen molar-refractivity contribution in [2.75, 3.05) is 11.9 Å². The molecule has 0 bridgehead atoms. The van der Waals surface area contributed by atoms with Gasteiger partial charge in [0.25, 0.3) is 5.69 Å². The number of anilines is 1. The van der Waals surface area contributed by atoms with Crippen LogP contribution >= 0.6 is 34.8 Å². The minimum Gasteiger partial charge on any atom is -0.477 e. The third kappa shape index (κ3) is 6.13. The lowest BCUT2D eigenvalue weighted by molar-refractivity contribution is -0.384. The molecular formula is C22H15Cl3FN3O5. The van der Waals surface area contributed by atoms with Crippen LogP contribution in [0.4, 0.5) is 20.6 Å². The molecule has 0 saturated carbocycles. The van der Waals surface area contributed by atoms with E-state index in [4.69, 9.17) is 44.3 Å². The summed E-state index contributed by atoms with van der Waals surface area (Å²) in [5.74, 6) is -0.588. The number of ether oxygens (including phenoxy) is 2. The van der Waals surface area contributed by atoms with Gasteiger partial charge in [0.1, 0.15) is 16.6 Å². The topological polar surface area (TPSA) is 103 Å². The molecule has 0 aliphatic carbocycles. The lowest BCUT2D eigenvalue weighted by Gasteiger charge is -2.12. The van der Waals surface area contributed by atoms with Gasteiger partial charge >= 0.3 is 6.03 Å². The van der Waals surface area contributed by atoms with Gasteiger partial charge in [-0.2, -0.15) is 4.99 Å². The smallest absolute Gasteiger partial charge is 0.348 e. The second kappa shape index (κ2) is 11.1. The predicted octanol–water partition coefficient (Wildman–Crippen LogP) is 7.50. The fourth-order valence-electron chi connectivity index (χ4n) is 2.73. The lowest BCUT2D eigenvalue weighted by Crippen LogP contribution is -2.15. The predicted molar refractivity (Wildman–Crippen MR) is 128 cm³/mol. The Kier molecular flexibility index (Phi) is 8.27. The van der Waals surface area contributed by atoms with Crippen molar-refractivity contribution in [3.8, 4) is 11.5 Å². The van der Waals surface area contributed by atoms with E-state index in [-0.39, 0.29) is 56.0 Å². The third-order valence-electron chi connectivity index (χ3n) is 4.17. The number of rotatable bonds is 6. The quantitative estimate of drug-likeness (QED) is 0.155. The molecule has 0 spiro atoms. The standard InChI is InChI=1S/C22H15Cl3FN3O5/c1-2-33-21(14-5-3-4-6-18(14)26)28-22(30)27-12-9-16(24)20(17(25)10-12)34-13-7-8-19(29(31)32)15(23)11-13/h3-11H,2H2,1H3,(H,27,30). The zero-order valence-electron chi connectivity index (χ0n) is 17.4. The summed E-state index contributed by atoms with van der Waals surface area (Å²) in [7, 11) is 0. The maximum absolute atomic E-state index is 14.1. The Morgan fingerprint density at radius 1 is 1.09 bits per heavy atom. The molecule has 12 heteroatoms. The Morgan fingerprint density at radius 3 is 2.35 bits per heavy atom. The van der Waals surface area contributed by atoms with Crippen LogP contribution < -0.4 is 10.1 Å². The molecule has 8 nitrogen and oxygen atoms in total. The molecular weight excluding hydrogens is 512 g/mol. The Hall–Kier alpha value is -3.40. The fraction of sp³-hybridized carbons (Fsp3) is 0.0909. The van der Waals surface area contributed by atoms with Crippen LogP contribution in [-0.2, 0) is 4.74 Å². The third-order valence-corrected chi connectivity index (χ3v) is 5.04. The maximum Gasteiger partial charge on any atom is 0.348 e. The number of urea groups is 1. The van der Waals surface area contributed by atoms with Gasteiger partial charge in [-0.3, -0.25) is 10.1 Å². The maximum atomic E-state index is 14.1. The van der Waals surface area contributed by atoms with Crippen LogP contribution in [0.25, 0.3) is 0 Å². The summed E-state index contributed by atoms with van der Waals surface area (Å²) in [4.78, 5) is 26.5. The molecule has 3 aromatic rings. The highest BCUT2D eigenvalue weighted by Gasteiger charge is 2.17. The number of aliphatic imine (C=N–C) groups is 1. The van der Waals surface area contributed by atoms with Gasteiger partial charge < -0.3 is 14.8 Å². The fourth-order valence-corrected chi connectivity index (χ4v) is 3.54. The van der Waals surface area contributed by atoms with E-state index in [1.807, 2.05) is 0 Å². The van der Waals surface area contributed by atoms with Gasteiger partial charge in [-0.25, -0.2) is 9.18 Å². The molecule has 3 aromatic carbocycles. The largest absolute Gasteiger partial charge is 0.477 e. The number of halogens is 4. The summed E-state index contributed by atoms with van der Waals surface area (Å²) in [6, 6.07) is 11.3. The molecule has 0 unspecified atom stereocenters. The Bertz CT molecular complexity index is 1260. The van der Waals surface area contributed by atoms with Crippen LogP contribution in [0.3, 0.4) is 0 Å². The number of amides is 2. The molecule has 0 saturated heterocycles. The number of nitro benzene ring substituents is 1. The zero-order chi connectivity index (χ0) is 24.8. The number of benzene rings is 3. The van der Waals surface area contributed by atoms with Gasteiger partial charge in [-0.15, -0.1) is 0 Å². The highest BCUT2D eigenvalue weighted by molar-refractivity contribution is 6.37. The first-order valence-electron chi connectivity index (χ1n) is 9.57. The van der Waals surface area contributed by atoms with E-state index in [1.165, 1.54) is 48.5 Å². The van der Waals surface area contributed by atoms with Crippen molar-refractivity contribution in [1.82, 2.24) is 0 Å². The second-order valence-electron chi connectivity index (χ2n) is 6.50. The summed E-state index contributed by atoms with van der Waals surface area (Å²) in [6.45, 7) is 1.83. The van der Waals surface area contributed by atoms with Crippen LogP contribution in [-0.4, -0.2) is 23.5 Å². The monoisotopic (exact) mass is 525 g/mol. The average molecular weight is 527 g/mol. The van der Waals surface area contributed by atoms with E-state index < -0.39 is 16.8 Å². The molecule has 0 aliphatic rings. The number of carbonyl (C=O) groups is 1. The van der Waals surface area contributed by atoms with Crippen LogP contribution in [0.5, 0.6) is 11.5 Å². The van der Waals surface area contributed by atoms with E-state index in [1.54, 1.807) is 13.0 Å². The summed E-state index contributed by atoms with van der Waals surface area (Å²) in [6.07, 6.45) is 0. The van der Waals surface area contributed by atoms with Crippen molar-refractivity contribution >= 4 is 58.1 Å². The number of nitrogens with zero attached hydrogens (tertiary/aromatic N) is 2. The first-order chi connectivity index (χ1) is 16.2. The second-order valence-corrected chi connectivity index (χ2v) is 7.72. The molecule has 0 radical (unpaired) electrons. The van der Waals surface area contributed by atoms with E-state index in [9.17, 15) is 19.3 Å². The van der Waals surface area contributed by atoms with Crippen molar-refractivity contribution in [3.05, 3.63) is 91.2 Å². The van der Waals surface area contributed by atoms with Gasteiger partial charge in [-0.05, 0) is 37.3 Å². The number of nitro groups is 1. The Labute approximate surface area is 208 Å². The molecule has 1 N–H and O–H groups in total. The van der Waals surface area contributed by atoms with E-state index in [0.717, 1.165) is 0 Å². The summed E-state index contributed by atoms with van der Waals surface area (Å²) >= 11 is 18.4. The van der Waals surface area contributed by atoms with Crippen molar-refractivity contribution in [1.29, 1.82) is 0 Å². The van der Waals surface area contributed by atoms with Gasteiger partial charge in [-0.1, -0.05) is 46.9 Å². The zero-order valence-corrected chi connectivity index (χ0v) is 19.6. The SMILES string of the molecule is CCOC(=NC(=O)Nc1cc(Cl)c(Oc2ccc([N+](=O)[O-])c(Cl)c2)c(Cl)c1)c1ccccc1F. The first-order valence-corrected chi connectivity index (χ1v) is 10.7. The normalized spacial score (nSPS) is 11.1. The Balaban J connectivity index is 1.81. The molecule has 0 aromatic heterocycles. The number of hydrogen-bond acceptors (Lipinski definition) is 5. The minimum atomic E-state index is -0.852. The molecule has 3 rings (SSSR count). The highest BCUT2D eigenvalue weighted by atomic mass is 35.5. The van der Waals surface area contributed by atoms with E-state index in [0.29, 0.717) is 0 Å². The summed E-state index contributed by atoms with van der Waals surface area (Å²) in [5.41, 5.74) is -0.0742. The van der Waals surface area contributed by atoms with Crippen molar-refractivity contribution < 1.29 is 23.6 Å². The Morgan fingerprint density at radius 2 is 1.76 bits per heavy atom. The van der Waals surface area contributed by atoms with E-state index >= 15 is 0 Å². The molecule has 0 fully saturated rings. The number of nitrogens with one attached hydrogen (secondary N) is 1. The van der Waals surface area contributed by atoms with Gasteiger partial charge in [0.15, 0.2) is 5.75 Å². The van der Waals surface area contributed by atoms with Gasteiger partial charge in [0.2, 0.25) is 5.90 Å². The van der Waals surface area contributed by atoms with Crippen LogP contribution in [0.1, 0.15) is 12.5 Å². The molecule has 0 aliphatic heterocycles. The molecule has 2 amide bonds. The highest BCUT2D eigenvalue weighted by Crippen LogP contribution is 2.40. The van der Waals surface area contributed by atoms with Gasteiger partial charge in [0.05, 0.1) is 27.1 Å². The van der Waals surface area contributed by atoms with Crippen molar-refractivity contribution in [2.45, 2.75) is 6.92 Å². The van der Waals surface area contributed by atoms with Crippen molar-refractivity contribution in [2.24, 2.45) is 4.99 Å². The van der Waals surface area contributed by atoms with Crippen LogP contribution in [0.15, 0.2) is 59.6 Å². The van der Waals surface area contributed by atoms with Gasteiger partial charge in [0, 0.05) is 17.8 Å².